The highest BCUT2D eigenvalue weighted by Gasteiger charge is 2.53. The molecule has 5 rings (SSSR count). The van der Waals surface area contributed by atoms with Crippen LogP contribution in [0.15, 0.2) is 96.2 Å². The molecule has 39 heavy (non-hydrogen) atoms. The third kappa shape index (κ3) is 5.27. The molecule has 198 valence electrons. The van der Waals surface area contributed by atoms with Crippen molar-refractivity contribution in [1.29, 1.82) is 0 Å². The predicted octanol–water partition coefficient (Wildman–Crippen LogP) is 3.47. The minimum atomic E-state index is -0.847. The minimum absolute atomic E-state index is 0.0108. The topological polar surface area (TPSA) is 142 Å². The van der Waals surface area contributed by atoms with Crippen LogP contribution in [0.2, 0.25) is 0 Å². The van der Waals surface area contributed by atoms with Gasteiger partial charge in [-0.15, -0.1) is 11.8 Å². The smallest absolute Gasteiger partial charge is 0.356 e. The Kier molecular flexibility index (Phi) is 7.44. The summed E-state index contributed by atoms with van der Waals surface area (Å²) in [6.07, 6.45) is -0.789. The Hall–Kier alpha value is -4.48. The van der Waals surface area contributed by atoms with Crippen LogP contribution in [-0.4, -0.2) is 44.8 Å². The Morgan fingerprint density at radius 2 is 1.56 bits per heavy atom. The van der Waals surface area contributed by atoms with Gasteiger partial charge in [0, 0.05) is 17.9 Å². The molecular weight excluding hydrogens is 522 g/mol. The fraction of sp³-hybridized carbons (Fsp3) is 0.179. The molecule has 2 N–H and O–H groups in total. The number of non-ortho nitro benzene ring substituents is 1. The second-order valence-corrected chi connectivity index (χ2v) is 9.97. The number of thioether (sulfide) groups is 1. The summed E-state index contributed by atoms with van der Waals surface area (Å²) in [6.45, 7) is -0.180. The summed E-state index contributed by atoms with van der Waals surface area (Å²) < 4.78 is 11.4. The molecule has 0 radical (unpaired) electrons. The molecule has 3 aromatic rings. The number of esters is 2. The van der Waals surface area contributed by atoms with E-state index in [1.165, 1.54) is 40.9 Å². The van der Waals surface area contributed by atoms with Gasteiger partial charge in [-0.1, -0.05) is 60.7 Å². The fourth-order valence-electron chi connectivity index (χ4n) is 4.36. The number of rotatable bonds is 8. The number of nitro benzene ring substituents is 1. The average Bonchev–Trinajstić information content (AvgIpc) is 2.98. The number of carbonyl (C=O) groups excluding carboxylic acids is 3. The van der Waals surface area contributed by atoms with E-state index in [-0.39, 0.29) is 29.3 Å². The number of fused-ring (bicyclic) bond motifs is 1. The quantitative estimate of drug-likeness (QED) is 0.195. The molecule has 1 fully saturated rings. The van der Waals surface area contributed by atoms with Gasteiger partial charge in [0.2, 0.25) is 5.91 Å². The van der Waals surface area contributed by atoms with Crippen LogP contribution in [0.3, 0.4) is 0 Å². The van der Waals surface area contributed by atoms with E-state index >= 15 is 0 Å². The second-order valence-electron chi connectivity index (χ2n) is 8.87. The van der Waals surface area contributed by atoms with Gasteiger partial charge in [-0.2, -0.15) is 0 Å². The minimum Gasteiger partial charge on any atom is -0.457 e. The van der Waals surface area contributed by atoms with E-state index in [0.717, 1.165) is 0 Å². The van der Waals surface area contributed by atoms with Gasteiger partial charge in [0.15, 0.2) is 6.10 Å². The normalized spacial score (nSPS) is 18.3. The van der Waals surface area contributed by atoms with Crippen LogP contribution in [0.5, 0.6) is 0 Å². The lowest BCUT2D eigenvalue weighted by atomic mass is 10.0. The number of β-lactam (4-membered cyclic amide) rings is 1. The number of hydrogen-bond donors (Lipinski definition) is 1. The Morgan fingerprint density at radius 3 is 2.13 bits per heavy atom. The van der Waals surface area contributed by atoms with Gasteiger partial charge in [0.1, 0.15) is 23.7 Å². The maximum atomic E-state index is 13.7. The van der Waals surface area contributed by atoms with Crippen molar-refractivity contribution in [3.8, 4) is 0 Å². The van der Waals surface area contributed by atoms with Crippen molar-refractivity contribution in [3.63, 3.8) is 0 Å². The fourth-order valence-corrected chi connectivity index (χ4v) is 5.63. The first kappa shape index (κ1) is 26.1. The zero-order valence-corrected chi connectivity index (χ0v) is 21.3. The van der Waals surface area contributed by atoms with Crippen molar-refractivity contribution in [2.24, 2.45) is 5.73 Å². The third-order valence-corrected chi connectivity index (χ3v) is 7.70. The van der Waals surface area contributed by atoms with E-state index < -0.39 is 40.3 Å². The third-order valence-electron chi connectivity index (χ3n) is 6.40. The number of ether oxygens (including phenoxy) is 2. The Balaban J connectivity index is 1.43. The number of nitrogens with two attached hydrogens (primary N) is 1. The molecule has 1 amide bonds. The van der Waals surface area contributed by atoms with Gasteiger partial charge in [0.25, 0.3) is 5.69 Å². The van der Waals surface area contributed by atoms with E-state index in [9.17, 15) is 24.5 Å². The number of nitrogens with zero attached hydrogens (tertiary/aromatic N) is 2. The molecule has 1 saturated heterocycles. The number of nitro groups is 1. The lowest BCUT2D eigenvalue weighted by Crippen LogP contribution is -2.68. The van der Waals surface area contributed by atoms with E-state index in [0.29, 0.717) is 16.7 Å². The maximum absolute atomic E-state index is 13.7. The molecule has 1 unspecified atom stereocenters. The summed E-state index contributed by atoms with van der Waals surface area (Å²) in [5.74, 6) is -2.04. The molecule has 2 aliphatic heterocycles. The van der Waals surface area contributed by atoms with E-state index in [1.807, 2.05) is 60.7 Å². The molecule has 0 saturated carbocycles. The van der Waals surface area contributed by atoms with Crippen LogP contribution < -0.4 is 5.73 Å². The van der Waals surface area contributed by atoms with Gasteiger partial charge in [-0.05, 0) is 28.8 Å². The van der Waals surface area contributed by atoms with E-state index in [1.54, 1.807) is 0 Å². The SMILES string of the molecule is NC1C(=O)N2C(C(=O)OC(c3ccccc3)c3ccccc3)=C(C(=O)OCc3ccc([N+](=O)[O-])cc3)CS[C@@H]12. The summed E-state index contributed by atoms with van der Waals surface area (Å²) in [4.78, 5) is 51.1. The van der Waals surface area contributed by atoms with Crippen molar-refractivity contribution < 1.29 is 28.8 Å². The van der Waals surface area contributed by atoms with Gasteiger partial charge >= 0.3 is 11.9 Å². The van der Waals surface area contributed by atoms with Gasteiger partial charge in [0.05, 0.1) is 10.5 Å². The van der Waals surface area contributed by atoms with E-state index in [4.69, 9.17) is 15.2 Å². The van der Waals surface area contributed by atoms with Crippen LogP contribution >= 0.6 is 11.8 Å². The number of hydrogen-bond acceptors (Lipinski definition) is 9. The molecule has 2 atom stereocenters. The number of carbonyl (C=O) groups is 3. The number of amides is 1. The molecule has 10 nitrogen and oxygen atoms in total. The van der Waals surface area contributed by atoms with Crippen LogP contribution in [0.25, 0.3) is 0 Å². The van der Waals surface area contributed by atoms with Gasteiger partial charge in [-0.25, -0.2) is 9.59 Å². The van der Waals surface area contributed by atoms with Crippen molar-refractivity contribution in [3.05, 3.63) is 123 Å². The van der Waals surface area contributed by atoms with Gasteiger partial charge in [-0.3, -0.25) is 19.8 Å². The molecular formula is C28H23N3O7S. The van der Waals surface area contributed by atoms with Crippen LogP contribution in [0, 0.1) is 10.1 Å². The first-order chi connectivity index (χ1) is 18.8. The summed E-state index contributed by atoms with van der Waals surface area (Å²) in [5.41, 5.74) is 7.63. The molecule has 2 heterocycles. The molecule has 2 aliphatic rings. The Bertz CT molecular complexity index is 1410. The molecule has 0 aliphatic carbocycles. The highest BCUT2D eigenvalue weighted by atomic mass is 32.2. The summed E-state index contributed by atoms with van der Waals surface area (Å²) in [7, 11) is 0. The van der Waals surface area contributed by atoms with Crippen LogP contribution in [0.4, 0.5) is 5.69 Å². The van der Waals surface area contributed by atoms with Crippen molar-refractivity contribution in [2.75, 3.05) is 5.75 Å². The molecule has 11 heteroatoms. The lowest BCUT2D eigenvalue weighted by molar-refractivity contribution is -0.384. The zero-order chi connectivity index (χ0) is 27.5. The lowest BCUT2D eigenvalue weighted by Gasteiger charge is -2.48. The molecule has 0 spiro atoms. The maximum Gasteiger partial charge on any atom is 0.356 e. The Labute approximate surface area is 227 Å². The summed E-state index contributed by atoms with van der Waals surface area (Å²) in [6, 6.07) is 23.0. The van der Waals surface area contributed by atoms with Crippen molar-refractivity contribution in [2.45, 2.75) is 24.1 Å². The monoisotopic (exact) mass is 545 g/mol. The van der Waals surface area contributed by atoms with E-state index in [2.05, 4.69) is 0 Å². The molecule has 3 aromatic carbocycles. The first-order valence-electron chi connectivity index (χ1n) is 12.0. The van der Waals surface area contributed by atoms with Crippen molar-refractivity contribution in [1.82, 2.24) is 4.90 Å². The average molecular weight is 546 g/mol. The molecule has 0 bridgehead atoms. The van der Waals surface area contributed by atoms with Crippen molar-refractivity contribution >= 4 is 35.3 Å². The van der Waals surface area contributed by atoms with Crippen LogP contribution in [-0.2, 0) is 30.5 Å². The molecule has 0 aromatic heterocycles. The van der Waals surface area contributed by atoms with Crippen LogP contribution in [0.1, 0.15) is 22.8 Å². The zero-order valence-electron chi connectivity index (χ0n) is 20.5. The number of benzene rings is 3. The largest absolute Gasteiger partial charge is 0.457 e. The second kappa shape index (κ2) is 11.1. The standard InChI is InChI=1S/C28H23N3O7S/c29-22-25(32)30-23(28(34)38-24(18-7-3-1-4-8-18)19-9-5-2-6-10-19)21(16-39-26(22)30)27(33)37-15-17-11-13-20(14-12-17)31(35)36/h1-14,22,24,26H,15-16,29H2/t22?,26-/m0/s1. The Morgan fingerprint density at radius 1 is 0.974 bits per heavy atom. The highest BCUT2D eigenvalue weighted by molar-refractivity contribution is 8.00. The summed E-state index contributed by atoms with van der Waals surface area (Å²) >= 11 is 1.26. The van der Waals surface area contributed by atoms with Gasteiger partial charge < -0.3 is 15.2 Å². The predicted molar refractivity (Wildman–Crippen MR) is 142 cm³/mol. The summed E-state index contributed by atoms with van der Waals surface area (Å²) in [5, 5.41) is 10.4. The highest BCUT2D eigenvalue weighted by Crippen LogP contribution is 2.41. The first-order valence-corrected chi connectivity index (χ1v) is 13.0.